The van der Waals surface area contributed by atoms with Gasteiger partial charge in [0.2, 0.25) is 0 Å². The minimum Gasteiger partial charge on any atom is -0.449 e. The number of carbonyl (C=O) groups excluding carboxylic acids is 1. The van der Waals surface area contributed by atoms with E-state index in [2.05, 4.69) is 41.0 Å². The van der Waals surface area contributed by atoms with Crippen molar-refractivity contribution in [3.8, 4) is 0 Å². The number of carbonyl (C=O) groups is 1. The van der Waals surface area contributed by atoms with Crippen molar-refractivity contribution >= 4 is 56.2 Å². The summed E-state index contributed by atoms with van der Waals surface area (Å²) in [4.78, 5) is 25.5. The minimum absolute atomic E-state index is 0.0249. The Kier molecular flexibility index (Phi) is 6.38. The Morgan fingerprint density at radius 2 is 2.03 bits per heavy atom. The van der Waals surface area contributed by atoms with E-state index in [4.69, 9.17) is 16.3 Å². The summed E-state index contributed by atoms with van der Waals surface area (Å²) >= 11 is 9.53. The Morgan fingerprint density at radius 3 is 2.73 bits per heavy atom. The van der Waals surface area contributed by atoms with Crippen LogP contribution in [-0.4, -0.2) is 52.0 Å². The molecule has 0 aliphatic carbocycles. The molecule has 0 spiro atoms. The third kappa shape index (κ3) is 4.22. The molecule has 1 aromatic carbocycles. The molecule has 1 N–H and O–H groups in total. The molecular formula is C20H22BrClN6O2. The maximum atomic E-state index is 12.8. The van der Waals surface area contributed by atoms with Crippen molar-refractivity contribution in [2.45, 2.75) is 32.2 Å². The highest BCUT2D eigenvalue weighted by atomic mass is 79.9. The van der Waals surface area contributed by atoms with Crippen LogP contribution < -0.4 is 9.80 Å². The number of fused-ring (bicyclic) bond motifs is 1. The number of benzene rings is 1. The number of hydrogen-bond donors (Lipinski definition) is 1. The van der Waals surface area contributed by atoms with E-state index in [1.165, 1.54) is 6.33 Å². The SMILES string of the molecule is CCCOC(=O)N(c1ccc(Cl)cc1)C1CCN(c2ncnc3n[nH]c(Br)c23)CC1. The van der Waals surface area contributed by atoms with Crippen LogP contribution in [0.1, 0.15) is 26.2 Å². The Labute approximate surface area is 187 Å². The summed E-state index contributed by atoms with van der Waals surface area (Å²) in [7, 11) is 0. The van der Waals surface area contributed by atoms with E-state index >= 15 is 0 Å². The van der Waals surface area contributed by atoms with Crippen molar-refractivity contribution in [3.63, 3.8) is 0 Å². The van der Waals surface area contributed by atoms with Gasteiger partial charge in [-0.25, -0.2) is 14.8 Å². The largest absolute Gasteiger partial charge is 0.449 e. The van der Waals surface area contributed by atoms with Crippen LogP contribution in [0.15, 0.2) is 35.2 Å². The summed E-state index contributed by atoms with van der Waals surface area (Å²) in [6.07, 6.45) is 3.55. The highest BCUT2D eigenvalue weighted by Gasteiger charge is 2.31. The number of rotatable bonds is 5. The number of nitrogens with one attached hydrogen (secondary N) is 1. The fourth-order valence-corrected chi connectivity index (χ4v) is 4.28. The second-order valence-corrected chi connectivity index (χ2v) is 8.34. The zero-order chi connectivity index (χ0) is 21.1. The predicted molar refractivity (Wildman–Crippen MR) is 120 cm³/mol. The number of piperidine rings is 1. The average molecular weight is 494 g/mol. The van der Waals surface area contributed by atoms with E-state index in [0.717, 1.165) is 53.8 Å². The van der Waals surface area contributed by atoms with Gasteiger partial charge in [0, 0.05) is 29.8 Å². The smallest absolute Gasteiger partial charge is 0.414 e. The lowest BCUT2D eigenvalue weighted by Crippen LogP contribution is -2.48. The number of amides is 1. The monoisotopic (exact) mass is 492 g/mol. The molecule has 0 unspecified atom stereocenters. The second-order valence-electron chi connectivity index (χ2n) is 7.11. The van der Waals surface area contributed by atoms with E-state index < -0.39 is 0 Å². The zero-order valence-electron chi connectivity index (χ0n) is 16.5. The number of nitrogens with zero attached hydrogens (tertiary/aromatic N) is 5. The highest BCUT2D eigenvalue weighted by molar-refractivity contribution is 9.10. The van der Waals surface area contributed by atoms with Crippen LogP contribution in [-0.2, 0) is 4.74 Å². The lowest BCUT2D eigenvalue weighted by molar-refractivity contribution is 0.150. The molecule has 1 aliphatic heterocycles. The Hall–Kier alpha value is -2.39. The first-order valence-electron chi connectivity index (χ1n) is 9.89. The Morgan fingerprint density at radius 1 is 1.30 bits per heavy atom. The predicted octanol–water partition coefficient (Wildman–Crippen LogP) is 4.79. The van der Waals surface area contributed by atoms with Gasteiger partial charge in [-0.15, -0.1) is 0 Å². The third-order valence-corrected chi connectivity index (χ3v) is 5.97. The zero-order valence-corrected chi connectivity index (χ0v) is 18.9. The van der Waals surface area contributed by atoms with E-state index in [0.29, 0.717) is 17.3 Å². The van der Waals surface area contributed by atoms with Crippen LogP contribution in [0, 0.1) is 0 Å². The molecule has 1 aliphatic rings. The van der Waals surface area contributed by atoms with Gasteiger partial charge in [-0.05, 0) is 59.5 Å². The molecule has 3 aromatic rings. The van der Waals surface area contributed by atoms with Crippen molar-refractivity contribution < 1.29 is 9.53 Å². The fraction of sp³-hybridized carbons (Fsp3) is 0.400. The molecule has 30 heavy (non-hydrogen) atoms. The first-order valence-corrected chi connectivity index (χ1v) is 11.1. The molecule has 3 heterocycles. The molecule has 0 atom stereocenters. The number of H-pyrrole nitrogens is 1. The molecule has 1 saturated heterocycles. The molecule has 1 amide bonds. The van der Waals surface area contributed by atoms with Gasteiger partial charge in [-0.3, -0.25) is 10.00 Å². The van der Waals surface area contributed by atoms with Crippen LogP contribution in [0.4, 0.5) is 16.3 Å². The lowest BCUT2D eigenvalue weighted by atomic mass is 10.0. The molecule has 0 bridgehead atoms. The summed E-state index contributed by atoms with van der Waals surface area (Å²) in [6.45, 7) is 3.88. The maximum Gasteiger partial charge on any atom is 0.414 e. The van der Waals surface area contributed by atoms with Gasteiger partial charge in [-0.2, -0.15) is 5.10 Å². The van der Waals surface area contributed by atoms with Gasteiger partial charge in [-0.1, -0.05) is 18.5 Å². The lowest BCUT2D eigenvalue weighted by Gasteiger charge is -2.38. The number of ether oxygens (including phenoxy) is 1. The van der Waals surface area contributed by atoms with Crippen LogP contribution in [0.2, 0.25) is 5.02 Å². The van der Waals surface area contributed by atoms with Gasteiger partial charge < -0.3 is 9.64 Å². The summed E-state index contributed by atoms with van der Waals surface area (Å²) in [6, 6.07) is 7.33. The standard InChI is InChI=1S/C20H22BrClN6O2/c1-2-11-30-20(29)28(14-5-3-13(22)4-6-14)15-7-9-27(10-8-15)19-16-17(21)25-26-18(16)23-12-24-19/h3-6,12,15H,2,7-11H2,1H3,(H,23,24,25,26). The van der Waals surface area contributed by atoms with E-state index in [-0.39, 0.29) is 12.1 Å². The van der Waals surface area contributed by atoms with Gasteiger partial charge in [0.05, 0.1) is 12.0 Å². The molecule has 158 valence electrons. The molecule has 1 fully saturated rings. The minimum atomic E-state index is -0.320. The molecule has 0 radical (unpaired) electrons. The maximum absolute atomic E-state index is 12.8. The van der Waals surface area contributed by atoms with Crippen LogP contribution >= 0.6 is 27.5 Å². The molecule has 8 nitrogen and oxygen atoms in total. The first-order chi connectivity index (χ1) is 14.6. The van der Waals surface area contributed by atoms with E-state index in [9.17, 15) is 4.79 Å². The molecule has 2 aromatic heterocycles. The van der Waals surface area contributed by atoms with Crippen molar-refractivity contribution in [1.82, 2.24) is 20.2 Å². The van der Waals surface area contributed by atoms with Gasteiger partial charge in [0.25, 0.3) is 0 Å². The van der Waals surface area contributed by atoms with Gasteiger partial charge in [0.15, 0.2) is 5.65 Å². The number of anilines is 2. The first kappa shape index (κ1) is 20.9. The summed E-state index contributed by atoms with van der Waals surface area (Å²) in [5.74, 6) is 0.839. The molecule has 0 saturated carbocycles. The van der Waals surface area contributed by atoms with E-state index in [1.807, 2.05) is 19.1 Å². The van der Waals surface area contributed by atoms with Crippen LogP contribution in [0.3, 0.4) is 0 Å². The topological polar surface area (TPSA) is 87.2 Å². The second kappa shape index (κ2) is 9.18. The Balaban J connectivity index is 1.54. The molecular weight excluding hydrogens is 472 g/mol. The summed E-state index contributed by atoms with van der Waals surface area (Å²) in [5.41, 5.74) is 1.42. The van der Waals surface area contributed by atoms with Crippen molar-refractivity contribution in [3.05, 3.63) is 40.2 Å². The number of aromatic nitrogens is 4. The van der Waals surface area contributed by atoms with E-state index in [1.54, 1.807) is 17.0 Å². The summed E-state index contributed by atoms with van der Waals surface area (Å²) < 4.78 is 6.23. The quantitative estimate of drug-likeness (QED) is 0.550. The van der Waals surface area contributed by atoms with Crippen LogP contribution in [0.25, 0.3) is 11.0 Å². The fourth-order valence-electron chi connectivity index (χ4n) is 3.71. The number of aromatic amines is 1. The van der Waals surface area contributed by atoms with Crippen LogP contribution in [0.5, 0.6) is 0 Å². The van der Waals surface area contributed by atoms with Gasteiger partial charge in [0.1, 0.15) is 16.7 Å². The third-order valence-electron chi connectivity index (χ3n) is 5.15. The van der Waals surface area contributed by atoms with Crippen molar-refractivity contribution in [1.29, 1.82) is 0 Å². The number of hydrogen-bond acceptors (Lipinski definition) is 6. The average Bonchev–Trinajstić information content (AvgIpc) is 3.15. The van der Waals surface area contributed by atoms with Gasteiger partial charge >= 0.3 is 6.09 Å². The number of halogens is 2. The highest BCUT2D eigenvalue weighted by Crippen LogP contribution is 2.32. The molecule has 10 heteroatoms. The van der Waals surface area contributed by atoms with Crippen molar-refractivity contribution in [2.75, 3.05) is 29.5 Å². The molecule has 4 rings (SSSR count). The normalized spacial score (nSPS) is 14.8. The summed E-state index contributed by atoms with van der Waals surface area (Å²) in [5, 5.41) is 8.59. The van der Waals surface area contributed by atoms with Crippen molar-refractivity contribution in [2.24, 2.45) is 0 Å². The Bertz CT molecular complexity index is 1020.